The number of carbonyl (C=O) groups excluding carboxylic acids is 1. The molecule has 9 nitrogen and oxygen atoms in total. The molecule has 1 aromatic heterocycles. The van der Waals surface area contributed by atoms with E-state index >= 15 is 0 Å². The van der Waals surface area contributed by atoms with Crippen LogP contribution in [-0.2, 0) is 16.0 Å². The summed E-state index contributed by atoms with van der Waals surface area (Å²) in [6.07, 6.45) is 4.84. The lowest BCUT2D eigenvalue weighted by molar-refractivity contribution is -0.111. The first kappa shape index (κ1) is 22.0. The number of aliphatic hydroxyl groups is 1. The van der Waals surface area contributed by atoms with Gasteiger partial charge in [-0.05, 0) is 32.9 Å². The zero-order chi connectivity index (χ0) is 22.9. The van der Waals surface area contributed by atoms with E-state index < -0.39 is 17.1 Å². The summed E-state index contributed by atoms with van der Waals surface area (Å²) in [5.41, 5.74) is 6.46. The summed E-state index contributed by atoms with van der Waals surface area (Å²) < 4.78 is 11.7. The first-order valence-corrected chi connectivity index (χ1v) is 10.6. The van der Waals surface area contributed by atoms with Gasteiger partial charge in [0.25, 0.3) is 5.91 Å². The smallest absolute Gasteiger partial charge is 0.261 e. The van der Waals surface area contributed by atoms with Crippen LogP contribution in [0.1, 0.15) is 32.2 Å². The summed E-state index contributed by atoms with van der Waals surface area (Å²) in [4.78, 5) is 23.5. The lowest BCUT2D eigenvalue weighted by atomic mass is 9.84. The van der Waals surface area contributed by atoms with Gasteiger partial charge in [0.15, 0.2) is 5.82 Å². The third kappa shape index (κ3) is 4.13. The van der Waals surface area contributed by atoms with Crippen molar-refractivity contribution in [3.8, 4) is 5.75 Å². The van der Waals surface area contributed by atoms with Crippen molar-refractivity contribution < 1.29 is 19.4 Å². The minimum absolute atomic E-state index is 0.177. The lowest BCUT2D eigenvalue weighted by Crippen LogP contribution is -2.51. The number of nitrogens with two attached hydrogens (primary N) is 1. The minimum Gasteiger partial charge on any atom is -0.484 e. The molecule has 32 heavy (non-hydrogen) atoms. The van der Waals surface area contributed by atoms with E-state index in [2.05, 4.69) is 20.2 Å². The maximum Gasteiger partial charge on any atom is 0.261 e. The Morgan fingerprint density at radius 1 is 1.28 bits per heavy atom. The highest BCUT2D eigenvalue weighted by molar-refractivity contribution is 6.24. The fraction of sp³-hybridized carbons (Fsp3) is 0.435. The predicted octanol–water partition coefficient (Wildman–Crippen LogP) is 1.72. The van der Waals surface area contributed by atoms with Crippen molar-refractivity contribution in [1.82, 2.24) is 9.97 Å². The topological polar surface area (TPSA) is 123 Å². The second-order valence-corrected chi connectivity index (χ2v) is 8.75. The van der Waals surface area contributed by atoms with E-state index in [1.165, 1.54) is 6.20 Å². The van der Waals surface area contributed by atoms with Crippen LogP contribution in [0, 0.1) is 0 Å². The Balaban J connectivity index is 1.69. The van der Waals surface area contributed by atoms with Crippen LogP contribution >= 0.6 is 0 Å². The van der Waals surface area contributed by atoms with Gasteiger partial charge in [0, 0.05) is 49.7 Å². The molecule has 2 aliphatic rings. The summed E-state index contributed by atoms with van der Waals surface area (Å²) in [6.45, 7) is 7.93. The van der Waals surface area contributed by atoms with Gasteiger partial charge in [-0.3, -0.25) is 4.79 Å². The second kappa shape index (κ2) is 8.40. The Kier molecular flexibility index (Phi) is 5.79. The predicted molar refractivity (Wildman–Crippen MR) is 121 cm³/mol. The number of aromatic nitrogens is 2. The minimum atomic E-state index is -1.05. The summed E-state index contributed by atoms with van der Waals surface area (Å²) in [5.74, 6) is 0.548. The molecule has 3 heterocycles. The summed E-state index contributed by atoms with van der Waals surface area (Å²) in [6, 6.07) is 5.51. The summed E-state index contributed by atoms with van der Waals surface area (Å²) in [7, 11) is 0. The number of benzene rings is 1. The standard InChI is InChI=1S/C23H29N5O4/c1-22(2,30)23(3)13-15-11-17(18(12-19(15)32-23)28-7-9-31-10-8-28)27-21(29)16(14-24)20-25-5-4-6-26-20/h4-6,11-12,14,30H,7-10,13,24H2,1-3H3,(H,27,29)/t23-/m1/s1. The molecular weight excluding hydrogens is 410 g/mol. The van der Waals surface area contributed by atoms with Crippen LogP contribution in [0.3, 0.4) is 0 Å². The van der Waals surface area contributed by atoms with E-state index in [4.69, 9.17) is 15.2 Å². The van der Waals surface area contributed by atoms with Crippen molar-refractivity contribution in [3.05, 3.63) is 48.2 Å². The van der Waals surface area contributed by atoms with Crippen molar-refractivity contribution in [2.45, 2.75) is 38.4 Å². The first-order valence-electron chi connectivity index (χ1n) is 10.6. The van der Waals surface area contributed by atoms with Crippen molar-refractivity contribution in [3.63, 3.8) is 0 Å². The molecule has 2 aliphatic heterocycles. The zero-order valence-electron chi connectivity index (χ0n) is 18.6. The molecule has 0 unspecified atom stereocenters. The molecule has 2 aromatic rings. The maximum atomic E-state index is 13.1. The molecular formula is C23H29N5O4. The number of hydrogen-bond donors (Lipinski definition) is 3. The Labute approximate surface area is 187 Å². The highest BCUT2D eigenvalue weighted by Crippen LogP contribution is 2.45. The van der Waals surface area contributed by atoms with Crippen LogP contribution in [0.2, 0.25) is 0 Å². The molecule has 1 atom stereocenters. The molecule has 1 aromatic carbocycles. The third-order valence-corrected chi connectivity index (χ3v) is 6.15. The number of fused-ring (bicyclic) bond motifs is 1. The number of nitrogens with zero attached hydrogens (tertiary/aromatic N) is 3. The summed E-state index contributed by atoms with van der Waals surface area (Å²) in [5, 5.41) is 13.6. The number of amides is 1. The van der Waals surface area contributed by atoms with Gasteiger partial charge in [-0.25, -0.2) is 9.97 Å². The molecule has 0 aliphatic carbocycles. The number of hydrogen-bond acceptors (Lipinski definition) is 8. The fourth-order valence-corrected chi connectivity index (χ4v) is 3.88. The van der Waals surface area contributed by atoms with Gasteiger partial charge in [0.05, 0.1) is 35.8 Å². The number of rotatable bonds is 5. The monoisotopic (exact) mass is 439 g/mol. The van der Waals surface area contributed by atoms with E-state index in [0.717, 1.165) is 11.3 Å². The van der Waals surface area contributed by atoms with Crippen LogP contribution < -0.4 is 20.7 Å². The van der Waals surface area contributed by atoms with Crippen LogP contribution in [0.5, 0.6) is 5.75 Å². The lowest BCUT2D eigenvalue weighted by Gasteiger charge is -2.36. The molecule has 4 N–H and O–H groups in total. The van der Waals surface area contributed by atoms with Crippen molar-refractivity contribution in [2.75, 3.05) is 36.5 Å². The van der Waals surface area contributed by atoms with E-state index in [1.54, 1.807) is 32.3 Å². The average Bonchev–Trinajstić information content (AvgIpc) is 3.11. The number of morpholine rings is 1. The number of anilines is 2. The largest absolute Gasteiger partial charge is 0.484 e. The van der Waals surface area contributed by atoms with E-state index in [-0.39, 0.29) is 11.4 Å². The quantitative estimate of drug-likeness (QED) is 0.602. The fourth-order valence-electron chi connectivity index (χ4n) is 3.88. The molecule has 170 valence electrons. The molecule has 1 saturated heterocycles. The van der Waals surface area contributed by atoms with Crippen molar-refractivity contribution in [1.29, 1.82) is 0 Å². The Morgan fingerprint density at radius 3 is 2.59 bits per heavy atom. The van der Waals surface area contributed by atoms with Gasteiger partial charge in [-0.2, -0.15) is 0 Å². The molecule has 0 bridgehead atoms. The highest BCUT2D eigenvalue weighted by Gasteiger charge is 2.47. The van der Waals surface area contributed by atoms with Crippen LogP contribution in [-0.4, -0.2) is 58.5 Å². The molecule has 1 fully saturated rings. The zero-order valence-corrected chi connectivity index (χ0v) is 18.6. The normalized spacial score (nSPS) is 21.1. The molecule has 0 spiro atoms. The van der Waals surface area contributed by atoms with Crippen LogP contribution in [0.15, 0.2) is 36.8 Å². The van der Waals surface area contributed by atoms with Gasteiger partial charge in [0.1, 0.15) is 11.4 Å². The first-order chi connectivity index (χ1) is 15.2. The number of carbonyl (C=O) groups is 1. The molecule has 4 rings (SSSR count). The molecule has 1 amide bonds. The average molecular weight is 440 g/mol. The van der Waals surface area contributed by atoms with Crippen LogP contribution in [0.25, 0.3) is 5.57 Å². The van der Waals surface area contributed by atoms with E-state index in [9.17, 15) is 9.90 Å². The maximum absolute atomic E-state index is 13.1. The molecule has 0 radical (unpaired) electrons. The van der Waals surface area contributed by atoms with E-state index in [0.29, 0.717) is 44.2 Å². The molecule has 0 saturated carbocycles. The van der Waals surface area contributed by atoms with Gasteiger partial charge < -0.3 is 30.5 Å². The highest BCUT2D eigenvalue weighted by atomic mass is 16.5. The Hall–Kier alpha value is -3.17. The van der Waals surface area contributed by atoms with Gasteiger partial charge in [-0.1, -0.05) is 0 Å². The van der Waals surface area contributed by atoms with Crippen molar-refractivity contribution in [2.24, 2.45) is 5.73 Å². The third-order valence-electron chi connectivity index (χ3n) is 6.15. The Morgan fingerprint density at radius 2 is 1.97 bits per heavy atom. The van der Waals surface area contributed by atoms with Crippen molar-refractivity contribution >= 4 is 22.9 Å². The molecule has 9 heteroatoms. The van der Waals surface area contributed by atoms with Gasteiger partial charge >= 0.3 is 0 Å². The summed E-state index contributed by atoms with van der Waals surface area (Å²) >= 11 is 0. The number of ether oxygens (including phenoxy) is 2. The number of nitrogens with one attached hydrogen (secondary N) is 1. The van der Waals surface area contributed by atoms with Gasteiger partial charge in [-0.15, -0.1) is 0 Å². The van der Waals surface area contributed by atoms with Gasteiger partial charge in [0.2, 0.25) is 0 Å². The second-order valence-electron chi connectivity index (χ2n) is 8.75. The SMILES string of the molecule is CC(C)(O)[C@@]1(C)Cc2cc(NC(=O)C(=CN)c3ncccn3)c(N3CCOCC3)cc2O1. The van der Waals surface area contributed by atoms with Crippen LogP contribution in [0.4, 0.5) is 11.4 Å². The Bertz CT molecular complexity index is 1030. The van der Waals surface area contributed by atoms with E-state index in [1.807, 2.05) is 19.1 Å².